The van der Waals surface area contributed by atoms with Gasteiger partial charge in [0.1, 0.15) is 17.2 Å². The first-order chi connectivity index (χ1) is 23.4. The summed E-state index contributed by atoms with van der Waals surface area (Å²) in [6, 6.07) is 37.5. The minimum Gasteiger partial charge on any atom is -0.497 e. The average Bonchev–Trinajstić information content (AvgIpc) is 3.12. The average molecular weight is 711 g/mol. The monoisotopic (exact) mass is 710 g/mol. The zero-order valence-corrected chi connectivity index (χ0v) is 28.8. The van der Waals surface area contributed by atoms with Crippen LogP contribution in [0.1, 0.15) is 5.56 Å². The molecule has 49 heavy (non-hydrogen) atoms. The molecule has 0 atom stereocenters. The third kappa shape index (κ3) is 7.00. The number of rotatable bonds is 10. The molecule has 6 aromatic carbocycles. The van der Waals surface area contributed by atoms with Crippen LogP contribution in [0, 0.1) is 6.92 Å². The van der Waals surface area contributed by atoms with Gasteiger partial charge >= 0.3 is 0 Å². The van der Waals surface area contributed by atoms with E-state index in [2.05, 4.69) is 0 Å². The summed E-state index contributed by atoms with van der Waals surface area (Å²) in [6.45, 7) is 1.89. The molecule has 0 amide bonds. The van der Waals surface area contributed by atoms with Crippen molar-refractivity contribution in [3.8, 4) is 28.4 Å². The largest absolute Gasteiger partial charge is 0.497 e. The van der Waals surface area contributed by atoms with Crippen LogP contribution in [0.5, 0.6) is 17.2 Å². The predicted octanol–water partition coefficient (Wildman–Crippen LogP) is 7.96. The molecule has 0 unspecified atom stereocenters. The molecule has 0 saturated carbocycles. The van der Waals surface area contributed by atoms with Crippen LogP contribution in [0.4, 0.5) is 0 Å². The van der Waals surface area contributed by atoms with E-state index in [-0.39, 0.29) is 29.4 Å². The Kier molecular flexibility index (Phi) is 9.17. The number of hydrogen-bond acceptors (Lipinski definition) is 8. The van der Waals surface area contributed by atoms with E-state index in [1.165, 1.54) is 92.0 Å². The lowest BCUT2D eigenvalue weighted by atomic mass is 10.1. The maximum atomic E-state index is 13.4. The van der Waals surface area contributed by atoms with Crippen molar-refractivity contribution >= 4 is 29.5 Å². The van der Waals surface area contributed by atoms with Crippen molar-refractivity contribution in [1.29, 1.82) is 0 Å². The molecular formula is C38H30O8S3. The number of aryl methyl sites for hydroxylation is 1. The third-order valence-electron chi connectivity index (χ3n) is 7.87. The van der Waals surface area contributed by atoms with Crippen LogP contribution < -0.4 is 9.47 Å². The first-order valence-electron chi connectivity index (χ1n) is 14.9. The Balaban J connectivity index is 1.12. The molecule has 0 spiro atoms. The summed E-state index contributed by atoms with van der Waals surface area (Å²) in [5, 5.41) is 0. The van der Waals surface area contributed by atoms with Gasteiger partial charge in [0, 0.05) is 0 Å². The van der Waals surface area contributed by atoms with Gasteiger partial charge in [0.2, 0.25) is 29.5 Å². The van der Waals surface area contributed by atoms with Crippen LogP contribution >= 0.6 is 0 Å². The van der Waals surface area contributed by atoms with Gasteiger partial charge < -0.3 is 9.47 Å². The molecule has 0 heterocycles. The first-order valence-corrected chi connectivity index (χ1v) is 19.4. The van der Waals surface area contributed by atoms with Crippen LogP contribution in [0.25, 0.3) is 11.1 Å². The van der Waals surface area contributed by atoms with Crippen molar-refractivity contribution in [2.24, 2.45) is 0 Å². The molecule has 6 rings (SSSR count). The van der Waals surface area contributed by atoms with E-state index in [0.29, 0.717) is 17.2 Å². The standard InChI is InChI=1S/C38H30O8S3/c1-27-3-15-33(16-4-27)47(39,40)34-17-5-28(6-18-34)29-7-19-35(20-8-29)48(41,42)37-23-11-31(12-24-37)46-32-13-25-38(26-14-32)49(43,44)36-21-9-30(45-2)10-22-36/h3-26H,1-2H3. The lowest BCUT2D eigenvalue weighted by Crippen LogP contribution is -2.02. The fourth-order valence-electron chi connectivity index (χ4n) is 5.04. The Hall–Kier alpha value is -5.23. The highest BCUT2D eigenvalue weighted by Crippen LogP contribution is 2.31. The Labute approximate surface area is 286 Å². The van der Waals surface area contributed by atoms with Gasteiger partial charge in [-0.25, -0.2) is 25.3 Å². The van der Waals surface area contributed by atoms with E-state index in [1.807, 2.05) is 6.92 Å². The summed E-state index contributed by atoms with van der Waals surface area (Å²) in [4.78, 5) is 0.778. The van der Waals surface area contributed by atoms with Crippen molar-refractivity contribution < 1.29 is 34.7 Å². The van der Waals surface area contributed by atoms with Crippen molar-refractivity contribution in [2.75, 3.05) is 7.11 Å². The SMILES string of the molecule is COc1ccc(S(=O)(=O)c2ccc(Oc3ccc(S(=O)(=O)c4ccc(-c5ccc(S(=O)(=O)c6ccc(C)cc6)cc5)cc4)cc3)cc2)cc1. The fraction of sp³-hybridized carbons (Fsp3) is 0.0526. The highest BCUT2D eigenvalue weighted by molar-refractivity contribution is 7.92. The van der Waals surface area contributed by atoms with E-state index in [0.717, 1.165) is 16.7 Å². The fourth-order valence-corrected chi connectivity index (χ4v) is 8.83. The molecular weight excluding hydrogens is 681 g/mol. The topological polar surface area (TPSA) is 121 Å². The Bertz CT molecular complexity index is 2420. The summed E-state index contributed by atoms with van der Waals surface area (Å²) in [5.74, 6) is 1.29. The summed E-state index contributed by atoms with van der Waals surface area (Å²) in [5.41, 5.74) is 2.43. The minimum absolute atomic E-state index is 0.0687. The smallest absolute Gasteiger partial charge is 0.206 e. The van der Waals surface area contributed by atoms with Crippen molar-refractivity contribution in [1.82, 2.24) is 0 Å². The van der Waals surface area contributed by atoms with Crippen LogP contribution in [-0.2, 0) is 29.5 Å². The van der Waals surface area contributed by atoms with Gasteiger partial charge in [-0.3, -0.25) is 0 Å². The highest BCUT2D eigenvalue weighted by Gasteiger charge is 2.20. The zero-order valence-electron chi connectivity index (χ0n) is 26.3. The molecule has 0 fully saturated rings. The van der Waals surface area contributed by atoms with E-state index >= 15 is 0 Å². The molecule has 0 bridgehead atoms. The van der Waals surface area contributed by atoms with Crippen molar-refractivity contribution in [3.05, 3.63) is 151 Å². The molecule has 0 aromatic heterocycles. The highest BCUT2D eigenvalue weighted by atomic mass is 32.2. The Morgan fingerprint density at radius 3 is 0.878 bits per heavy atom. The van der Waals surface area contributed by atoms with Gasteiger partial charge in [-0.2, -0.15) is 0 Å². The summed E-state index contributed by atoms with van der Waals surface area (Å²) < 4.78 is 89.6. The normalized spacial score (nSPS) is 12.0. The molecule has 0 saturated heterocycles. The second kappa shape index (κ2) is 13.3. The second-order valence-electron chi connectivity index (χ2n) is 11.1. The molecule has 8 nitrogen and oxygen atoms in total. The molecule has 0 radical (unpaired) electrons. The lowest BCUT2D eigenvalue weighted by Gasteiger charge is -2.10. The summed E-state index contributed by atoms with van der Waals surface area (Å²) in [7, 11) is -9.75. The van der Waals surface area contributed by atoms with Gasteiger partial charge in [0.15, 0.2) is 0 Å². The van der Waals surface area contributed by atoms with Gasteiger partial charge in [-0.1, -0.05) is 42.0 Å². The van der Waals surface area contributed by atoms with Gasteiger partial charge in [-0.15, -0.1) is 0 Å². The maximum absolute atomic E-state index is 13.4. The number of hydrogen-bond donors (Lipinski definition) is 0. The molecule has 6 aromatic rings. The molecule has 0 aliphatic heterocycles. The van der Waals surface area contributed by atoms with Gasteiger partial charge in [0.25, 0.3) is 0 Å². The predicted molar refractivity (Wildman–Crippen MR) is 185 cm³/mol. The van der Waals surface area contributed by atoms with Gasteiger partial charge in [0.05, 0.1) is 36.5 Å². The van der Waals surface area contributed by atoms with Crippen LogP contribution in [0.3, 0.4) is 0 Å². The third-order valence-corrected chi connectivity index (χ3v) is 13.2. The molecule has 248 valence electrons. The zero-order chi connectivity index (χ0) is 34.8. The van der Waals surface area contributed by atoms with E-state index in [4.69, 9.17) is 9.47 Å². The van der Waals surface area contributed by atoms with Crippen molar-refractivity contribution in [3.63, 3.8) is 0 Å². The second-order valence-corrected chi connectivity index (χ2v) is 16.9. The number of benzene rings is 6. The molecule has 11 heteroatoms. The number of ether oxygens (including phenoxy) is 2. The van der Waals surface area contributed by atoms with Crippen molar-refractivity contribution in [2.45, 2.75) is 36.3 Å². The quantitative estimate of drug-likeness (QED) is 0.140. The number of methoxy groups -OCH3 is 1. The summed E-state index contributed by atoms with van der Waals surface area (Å²) >= 11 is 0. The minimum atomic E-state index is -3.85. The van der Waals surface area contributed by atoms with Crippen LogP contribution in [0.15, 0.2) is 175 Å². The summed E-state index contributed by atoms with van der Waals surface area (Å²) in [6.07, 6.45) is 0. The van der Waals surface area contributed by atoms with E-state index in [9.17, 15) is 25.3 Å². The molecule has 0 aliphatic rings. The molecule has 0 aliphatic carbocycles. The van der Waals surface area contributed by atoms with Crippen LogP contribution in [0.2, 0.25) is 0 Å². The maximum Gasteiger partial charge on any atom is 0.206 e. The Morgan fingerprint density at radius 1 is 0.347 bits per heavy atom. The van der Waals surface area contributed by atoms with E-state index < -0.39 is 29.5 Å². The lowest BCUT2D eigenvalue weighted by molar-refractivity contribution is 0.414. The van der Waals surface area contributed by atoms with Gasteiger partial charge in [-0.05, 0) is 127 Å². The Morgan fingerprint density at radius 2 is 0.592 bits per heavy atom. The molecule has 0 N–H and O–H groups in total. The first kappa shape index (κ1) is 33.7. The van der Waals surface area contributed by atoms with Crippen LogP contribution in [-0.4, -0.2) is 32.4 Å². The van der Waals surface area contributed by atoms with E-state index in [1.54, 1.807) is 60.7 Å². The number of sulfone groups is 3.